The molecule has 1 atom stereocenters. The van der Waals surface area contributed by atoms with Crippen LogP contribution in [0.2, 0.25) is 0 Å². The van der Waals surface area contributed by atoms with Gasteiger partial charge in [-0.2, -0.15) is 0 Å². The summed E-state index contributed by atoms with van der Waals surface area (Å²) < 4.78 is 0. The molecule has 1 unspecified atom stereocenters. The van der Waals surface area contributed by atoms with Gasteiger partial charge in [-0.25, -0.2) is 4.98 Å². The predicted molar refractivity (Wildman–Crippen MR) is 86.8 cm³/mol. The van der Waals surface area contributed by atoms with Crippen LogP contribution in [0.5, 0.6) is 0 Å². The van der Waals surface area contributed by atoms with Gasteiger partial charge in [0.05, 0.1) is 11.6 Å². The Hall–Kier alpha value is -1.39. The molecular formula is C16H17ClN2OS. The van der Waals surface area contributed by atoms with Crippen molar-refractivity contribution < 1.29 is 4.79 Å². The number of hydrogen-bond acceptors (Lipinski definition) is 3. The van der Waals surface area contributed by atoms with Gasteiger partial charge in [0, 0.05) is 22.5 Å². The van der Waals surface area contributed by atoms with Crippen LogP contribution in [-0.4, -0.2) is 16.9 Å². The van der Waals surface area contributed by atoms with Crippen LogP contribution in [-0.2, 0) is 5.88 Å². The first-order chi connectivity index (χ1) is 9.99. The summed E-state index contributed by atoms with van der Waals surface area (Å²) in [7, 11) is 0. The molecule has 1 aliphatic rings. The second-order valence-corrected chi connectivity index (χ2v) is 7.20. The van der Waals surface area contributed by atoms with Gasteiger partial charge in [0.2, 0.25) is 0 Å². The van der Waals surface area contributed by atoms with E-state index in [9.17, 15) is 4.79 Å². The number of aromatic nitrogens is 1. The summed E-state index contributed by atoms with van der Waals surface area (Å²) in [6.45, 7) is 4.33. The molecule has 1 fully saturated rings. The van der Waals surface area contributed by atoms with E-state index < -0.39 is 0 Å². The minimum absolute atomic E-state index is 0.0125. The highest BCUT2D eigenvalue weighted by molar-refractivity contribution is 7.13. The second kappa shape index (κ2) is 5.43. The second-order valence-electron chi connectivity index (χ2n) is 6.08. The van der Waals surface area contributed by atoms with E-state index in [2.05, 4.69) is 24.1 Å². The van der Waals surface area contributed by atoms with Gasteiger partial charge in [-0.05, 0) is 24.0 Å². The smallest absolute Gasteiger partial charge is 0.251 e. The number of rotatable bonds is 4. The number of halogens is 1. The summed E-state index contributed by atoms with van der Waals surface area (Å²) in [5.41, 5.74) is 2.74. The SMILES string of the molecule is CC1(C)CC1NC(=O)c1cccc(-c2nc(CCl)cs2)c1. The fourth-order valence-electron chi connectivity index (χ4n) is 2.25. The predicted octanol–water partition coefficient (Wildman–Crippen LogP) is 4.08. The quantitative estimate of drug-likeness (QED) is 0.863. The number of thiazole rings is 1. The van der Waals surface area contributed by atoms with Crippen molar-refractivity contribution in [1.82, 2.24) is 10.3 Å². The maximum atomic E-state index is 12.3. The Labute approximate surface area is 133 Å². The normalized spacial score (nSPS) is 19.3. The van der Waals surface area contributed by atoms with Crippen LogP contribution >= 0.6 is 22.9 Å². The number of nitrogens with one attached hydrogen (secondary N) is 1. The molecule has 1 aliphatic carbocycles. The Kier molecular flexibility index (Phi) is 3.76. The molecule has 1 N–H and O–H groups in total. The Morgan fingerprint density at radius 2 is 2.29 bits per heavy atom. The topological polar surface area (TPSA) is 42.0 Å². The lowest BCUT2D eigenvalue weighted by atomic mass is 10.1. The van der Waals surface area contributed by atoms with Crippen molar-refractivity contribution >= 4 is 28.8 Å². The summed E-state index contributed by atoms with van der Waals surface area (Å²) in [5, 5.41) is 5.92. The number of alkyl halides is 1. The standard InChI is InChI=1S/C16H17ClN2OS/c1-16(2)7-13(16)19-14(20)10-4-3-5-11(6-10)15-18-12(8-17)9-21-15/h3-6,9,13H,7-8H2,1-2H3,(H,19,20). The van der Waals surface area contributed by atoms with Crippen molar-refractivity contribution in [3.63, 3.8) is 0 Å². The molecule has 2 aromatic rings. The Morgan fingerprint density at radius 3 is 2.90 bits per heavy atom. The summed E-state index contributed by atoms with van der Waals surface area (Å²) in [4.78, 5) is 16.7. The van der Waals surface area contributed by atoms with Crippen LogP contribution in [0.1, 0.15) is 36.3 Å². The number of hydrogen-bond donors (Lipinski definition) is 1. The molecule has 0 saturated heterocycles. The third-order valence-corrected chi connectivity index (χ3v) is 5.09. The molecule has 1 amide bonds. The molecule has 110 valence electrons. The zero-order valence-electron chi connectivity index (χ0n) is 12.0. The van der Waals surface area contributed by atoms with E-state index >= 15 is 0 Å². The Morgan fingerprint density at radius 1 is 1.52 bits per heavy atom. The Bertz CT molecular complexity index is 680. The zero-order valence-corrected chi connectivity index (χ0v) is 13.6. The van der Waals surface area contributed by atoms with Crippen molar-refractivity contribution in [3.05, 3.63) is 40.9 Å². The minimum Gasteiger partial charge on any atom is -0.349 e. The van der Waals surface area contributed by atoms with Crippen LogP contribution in [0.4, 0.5) is 0 Å². The summed E-state index contributed by atoms with van der Waals surface area (Å²) >= 11 is 7.33. The molecule has 3 nitrogen and oxygen atoms in total. The molecule has 1 heterocycles. The largest absolute Gasteiger partial charge is 0.349 e. The molecule has 5 heteroatoms. The van der Waals surface area contributed by atoms with Gasteiger partial charge >= 0.3 is 0 Å². The van der Waals surface area contributed by atoms with Crippen LogP contribution in [0.25, 0.3) is 10.6 Å². The third kappa shape index (κ3) is 3.11. The van der Waals surface area contributed by atoms with Crippen LogP contribution in [0.15, 0.2) is 29.6 Å². The zero-order chi connectivity index (χ0) is 15.0. The molecule has 1 aromatic heterocycles. The monoisotopic (exact) mass is 320 g/mol. The van der Waals surface area contributed by atoms with E-state index in [1.165, 1.54) is 0 Å². The fraction of sp³-hybridized carbons (Fsp3) is 0.375. The van der Waals surface area contributed by atoms with Crippen LogP contribution in [0.3, 0.4) is 0 Å². The number of carbonyl (C=O) groups is 1. The van der Waals surface area contributed by atoms with E-state index in [0.29, 0.717) is 11.4 Å². The highest BCUT2D eigenvalue weighted by Gasteiger charge is 2.46. The maximum Gasteiger partial charge on any atom is 0.251 e. The molecule has 1 aromatic carbocycles. The molecule has 21 heavy (non-hydrogen) atoms. The molecule has 0 spiro atoms. The van der Waals surface area contributed by atoms with Gasteiger partial charge in [0.25, 0.3) is 5.91 Å². The lowest BCUT2D eigenvalue weighted by Crippen LogP contribution is -2.28. The molecular weight excluding hydrogens is 304 g/mol. The van der Waals surface area contributed by atoms with Gasteiger partial charge < -0.3 is 5.32 Å². The number of benzene rings is 1. The van der Waals surface area contributed by atoms with Gasteiger partial charge in [-0.3, -0.25) is 4.79 Å². The van der Waals surface area contributed by atoms with E-state index in [1.54, 1.807) is 11.3 Å². The fourth-order valence-corrected chi connectivity index (χ4v) is 3.29. The van der Waals surface area contributed by atoms with Crippen molar-refractivity contribution in [2.45, 2.75) is 32.2 Å². The van der Waals surface area contributed by atoms with Crippen molar-refractivity contribution in [2.75, 3.05) is 0 Å². The van der Waals surface area contributed by atoms with Gasteiger partial charge in [-0.15, -0.1) is 22.9 Å². The molecule has 0 radical (unpaired) electrons. The summed E-state index contributed by atoms with van der Waals surface area (Å²) in [6.07, 6.45) is 1.05. The van der Waals surface area contributed by atoms with Crippen LogP contribution < -0.4 is 5.32 Å². The lowest BCUT2D eigenvalue weighted by molar-refractivity contribution is 0.0946. The molecule has 3 rings (SSSR count). The van der Waals surface area contributed by atoms with Crippen molar-refractivity contribution in [3.8, 4) is 10.6 Å². The highest BCUT2D eigenvalue weighted by Crippen LogP contribution is 2.44. The molecule has 0 bridgehead atoms. The maximum absolute atomic E-state index is 12.3. The van der Waals surface area contributed by atoms with E-state index in [1.807, 2.05) is 29.6 Å². The molecule has 1 saturated carbocycles. The number of amides is 1. The summed E-state index contributed by atoms with van der Waals surface area (Å²) in [6, 6.07) is 7.88. The van der Waals surface area contributed by atoms with Crippen LogP contribution in [0, 0.1) is 5.41 Å². The molecule has 0 aliphatic heterocycles. The lowest BCUT2D eigenvalue weighted by Gasteiger charge is -2.07. The Balaban J connectivity index is 1.78. The van der Waals surface area contributed by atoms with Gasteiger partial charge in [0.15, 0.2) is 0 Å². The van der Waals surface area contributed by atoms with E-state index in [0.717, 1.165) is 22.7 Å². The van der Waals surface area contributed by atoms with Gasteiger partial charge in [0.1, 0.15) is 5.01 Å². The first-order valence-electron chi connectivity index (χ1n) is 6.91. The van der Waals surface area contributed by atoms with Crippen molar-refractivity contribution in [2.24, 2.45) is 5.41 Å². The first kappa shape index (κ1) is 14.5. The highest BCUT2D eigenvalue weighted by atomic mass is 35.5. The number of nitrogens with zero attached hydrogens (tertiary/aromatic N) is 1. The summed E-state index contributed by atoms with van der Waals surface area (Å²) in [5.74, 6) is 0.398. The van der Waals surface area contributed by atoms with Crippen molar-refractivity contribution in [1.29, 1.82) is 0 Å². The average molecular weight is 321 g/mol. The van der Waals surface area contributed by atoms with Gasteiger partial charge in [-0.1, -0.05) is 26.0 Å². The van der Waals surface area contributed by atoms with E-state index in [-0.39, 0.29) is 17.4 Å². The number of carbonyl (C=O) groups excluding carboxylic acids is 1. The third-order valence-electron chi connectivity index (χ3n) is 3.88. The average Bonchev–Trinajstić information content (AvgIpc) is 2.91. The van der Waals surface area contributed by atoms with E-state index in [4.69, 9.17) is 11.6 Å². The minimum atomic E-state index is -0.0125. The first-order valence-corrected chi connectivity index (χ1v) is 8.33.